The Bertz CT molecular complexity index is 675. The minimum atomic E-state index is -0.442. The van der Waals surface area contributed by atoms with Crippen molar-refractivity contribution in [2.75, 3.05) is 0 Å². The highest BCUT2D eigenvalue weighted by Crippen LogP contribution is 2.28. The minimum Gasteiger partial charge on any atom is -0.456 e. The van der Waals surface area contributed by atoms with Crippen molar-refractivity contribution in [1.29, 1.82) is 5.26 Å². The first-order valence-electron chi connectivity index (χ1n) is 5.54. The average molecular weight is 254 g/mol. The van der Waals surface area contributed by atoms with Crippen molar-refractivity contribution in [3.05, 3.63) is 63.7 Å². The maximum atomic E-state index is 10.7. The van der Waals surface area contributed by atoms with Crippen molar-refractivity contribution in [3.8, 4) is 17.6 Å². The van der Waals surface area contributed by atoms with Crippen LogP contribution >= 0.6 is 0 Å². The zero-order valence-corrected chi connectivity index (χ0v) is 10.2. The third-order valence-corrected chi connectivity index (χ3v) is 2.60. The molecule has 94 valence electrons. The van der Waals surface area contributed by atoms with Crippen LogP contribution in [0.25, 0.3) is 0 Å². The van der Waals surface area contributed by atoms with Crippen molar-refractivity contribution < 1.29 is 9.66 Å². The SMILES string of the molecule is Cc1cc(Oc2ccccc2C#N)ccc1[N+](=O)[O-]. The van der Waals surface area contributed by atoms with Crippen LogP contribution in [0.15, 0.2) is 42.5 Å². The second kappa shape index (κ2) is 5.19. The highest BCUT2D eigenvalue weighted by molar-refractivity contribution is 5.48. The fourth-order valence-corrected chi connectivity index (χ4v) is 1.67. The molecule has 2 aromatic carbocycles. The van der Waals surface area contributed by atoms with Gasteiger partial charge in [-0.15, -0.1) is 0 Å². The molecular weight excluding hydrogens is 244 g/mol. The van der Waals surface area contributed by atoms with Crippen LogP contribution in [0.3, 0.4) is 0 Å². The molecule has 0 amide bonds. The Balaban J connectivity index is 2.32. The van der Waals surface area contributed by atoms with E-state index in [1.54, 1.807) is 37.3 Å². The van der Waals surface area contributed by atoms with Crippen molar-refractivity contribution in [3.63, 3.8) is 0 Å². The molecule has 0 aromatic heterocycles. The molecule has 0 aliphatic rings. The van der Waals surface area contributed by atoms with E-state index in [9.17, 15) is 10.1 Å². The normalized spacial score (nSPS) is 9.68. The molecule has 0 radical (unpaired) electrons. The number of benzene rings is 2. The molecule has 0 spiro atoms. The molecule has 0 aliphatic carbocycles. The number of aryl methyl sites for hydroxylation is 1. The summed E-state index contributed by atoms with van der Waals surface area (Å²) in [6.45, 7) is 1.64. The summed E-state index contributed by atoms with van der Waals surface area (Å²) in [5.41, 5.74) is 0.969. The number of nitriles is 1. The van der Waals surface area contributed by atoms with Gasteiger partial charge in [-0.25, -0.2) is 0 Å². The van der Waals surface area contributed by atoms with Gasteiger partial charge in [-0.3, -0.25) is 10.1 Å². The van der Waals surface area contributed by atoms with Crippen LogP contribution in [0, 0.1) is 28.4 Å². The molecule has 0 bridgehead atoms. The van der Waals surface area contributed by atoms with Gasteiger partial charge in [0.15, 0.2) is 0 Å². The van der Waals surface area contributed by atoms with Gasteiger partial charge in [-0.05, 0) is 31.2 Å². The second-order valence-electron chi connectivity index (χ2n) is 3.92. The fraction of sp³-hybridized carbons (Fsp3) is 0.0714. The molecule has 19 heavy (non-hydrogen) atoms. The molecule has 0 unspecified atom stereocenters. The number of nitrogens with zero attached hydrogens (tertiary/aromatic N) is 2. The lowest BCUT2D eigenvalue weighted by Gasteiger charge is -2.07. The van der Waals surface area contributed by atoms with E-state index in [0.717, 1.165) is 0 Å². The summed E-state index contributed by atoms with van der Waals surface area (Å²) in [6.07, 6.45) is 0. The maximum absolute atomic E-state index is 10.7. The van der Waals surface area contributed by atoms with E-state index in [1.807, 2.05) is 6.07 Å². The van der Waals surface area contributed by atoms with Gasteiger partial charge in [0.1, 0.15) is 17.6 Å². The van der Waals surface area contributed by atoms with E-state index in [0.29, 0.717) is 22.6 Å². The summed E-state index contributed by atoms with van der Waals surface area (Å²) in [7, 11) is 0. The summed E-state index contributed by atoms with van der Waals surface area (Å²) >= 11 is 0. The number of rotatable bonds is 3. The number of hydrogen-bond acceptors (Lipinski definition) is 4. The van der Waals surface area contributed by atoms with Crippen molar-refractivity contribution in [1.82, 2.24) is 0 Å². The summed E-state index contributed by atoms with van der Waals surface area (Å²) in [6, 6.07) is 13.3. The zero-order valence-electron chi connectivity index (χ0n) is 10.2. The largest absolute Gasteiger partial charge is 0.456 e. The van der Waals surface area contributed by atoms with Crippen molar-refractivity contribution in [2.45, 2.75) is 6.92 Å². The fourth-order valence-electron chi connectivity index (χ4n) is 1.67. The van der Waals surface area contributed by atoms with Gasteiger partial charge in [0, 0.05) is 11.6 Å². The molecule has 0 aliphatic heterocycles. The molecule has 2 rings (SSSR count). The van der Waals surface area contributed by atoms with Crippen LogP contribution in [-0.2, 0) is 0 Å². The second-order valence-corrected chi connectivity index (χ2v) is 3.92. The van der Waals surface area contributed by atoms with Crippen molar-refractivity contribution in [2.24, 2.45) is 0 Å². The highest BCUT2D eigenvalue weighted by Gasteiger charge is 2.11. The number of para-hydroxylation sites is 1. The lowest BCUT2D eigenvalue weighted by atomic mass is 10.2. The first-order valence-corrected chi connectivity index (χ1v) is 5.54. The van der Waals surface area contributed by atoms with Gasteiger partial charge in [0.25, 0.3) is 5.69 Å². The third-order valence-electron chi connectivity index (χ3n) is 2.60. The van der Waals surface area contributed by atoms with E-state index < -0.39 is 4.92 Å². The number of ether oxygens (including phenoxy) is 1. The van der Waals surface area contributed by atoms with E-state index in [1.165, 1.54) is 12.1 Å². The Morgan fingerprint density at radius 2 is 2.00 bits per heavy atom. The molecular formula is C14H10N2O3. The van der Waals surface area contributed by atoms with E-state index in [4.69, 9.17) is 10.00 Å². The number of hydrogen-bond donors (Lipinski definition) is 0. The Labute approximate surface area is 109 Å². The quantitative estimate of drug-likeness (QED) is 0.619. The van der Waals surface area contributed by atoms with E-state index >= 15 is 0 Å². The molecule has 0 saturated carbocycles. The molecule has 0 saturated heterocycles. The van der Waals surface area contributed by atoms with Crippen LogP contribution in [0.4, 0.5) is 5.69 Å². The van der Waals surface area contributed by atoms with Crippen LogP contribution in [0.5, 0.6) is 11.5 Å². The van der Waals surface area contributed by atoms with Crippen LogP contribution in [-0.4, -0.2) is 4.92 Å². The number of nitro benzene ring substituents is 1. The van der Waals surface area contributed by atoms with Gasteiger partial charge in [0.05, 0.1) is 10.5 Å². The lowest BCUT2D eigenvalue weighted by molar-refractivity contribution is -0.385. The summed E-state index contributed by atoms with van der Waals surface area (Å²) < 4.78 is 5.57. The van der Waals surface area contributed by atoms with Gasteiger partial charge < -0.3 is 4.74 Å². The molecule has 5 heteroatoms. The van der Waals surface area contributed by atoms with Gasteiger partial charge in [-0.2, -0.15) is 5.26 Å². The monoisotopic (exact) mass is 254 g/mol. The summed E-state index contributed by atoms with van der Waals surface area (Å²) in [5.74, 6) is 0.893. The average Bonchev–Trinajstić information content (AvgIpc) is 2.39. The highest BCUT2D eigenvalue weighted by atomic mass is 16.6. The van der Waals surface area contributed by atoms with Gasteiger partial charge >= 0.3 is 0 Å². The van der Waals surface area contributed by atoms with E-state index in [2.05, 4.69) is 0 Å². The maximum Gasteiger partial charge on any atom is 0.272 e. The van der Waals surface area contributed by atoms with E-state index in [-0.39, 0.29) is 5.69 Å². The Hall–Kier alpha value is -2.87. The molecule has 0 heterocycles. The molecule has 0 atom stereocenters. The first-order chi connectivity index (χ1) is 9.11. The molecule has 5 nitrogen and oxygen atoms in total. The first kappa shape index (κ1) is 12.6. The predicted octanol–water partition coefficient (Wildman–Crippen LogP) is 3.57. The summed E-state index contributed by atoms with van der Waals surface area (Å²) in [4.78, 5) is 10.3. The van der Waals surface area contributed by atoms with Crippen LogP contribution in [0.1, 0.15) is 11.1 Å². The van der Waals surface area contributed by atoms with Crippen molar-refractivity contribution >= 4 is 5.69 Å². The van der Waals surface area contributed by atoms with Crippen LogP contribution < -0.4 is 4.74 Å². The van der Waals surface area contributed by atoms with Gasteiger partial charge in [-0.1, -0.05) is 12.1 Å². The Kier molecular flexibility index (Phi) is 3.44. The smallest absolute Gasteiger partial charge is 0.272 e. The lowest BCUT2D eigenvalue weighted by Crippen LogP contribution is -1.93. The standard InChI is InChI=1S/C14H10N2O3/c1-10-8-12(6-7-13(10)16(17)18)19-14-5-3-2-4-11(14)9-15/h2-8H,1H3. The minimum absolute atomic E-state index is 0.0425. The Morgan fingerprint density at radius 1 is 1.26 bits per heavy atom. The molecule has 0 N–H and O–H groups in total. The Morgan fingerprint density at radius 3 is 2.63 bits per heavy atom. The predicted molar refractivity (Wildman–Crippen MR) is 69.1 cm³/mol. The van der Waals surface area contributed by atoms with Gasteiger partial charge in [0.2, 0.25) is 0 Å². The summed E-state index contributed by atoms with van der Waals surface area (Å²) in [5, 5.41) is 19.7. The third kappa shape index (κ3) is 2.69. The topological polar surface area (TPSA) is 76.2 Å². The van der Waals surface area contributed by atoms with Crippen LogP contribution in [0.2, 0.25) is 0 Å². The number of nitro groups is 1. The molecule has 0 fully saturated rings. The molecule has 2 aromatic rings. The zero-order chi connectivity index (χ0) is 13.8.